The monoisotopic (exact) mass is 506 g/mol. The van der Waals surface area contributed by atoms with Crippen molar-refractivity contribution in [3.8, 4) is 22.8 Å². The molecule has 11 heteroatoms. The van der Waals surface area contributed by atoms with Crippen LogP contribution in [0.4, 0.5) is 10.2 Å². The maximum atomic E-state index is 14.0. The van der Waals surface area contributed by atoms with Crippen LogP contribution in [0.1, 0.15) is 40.5 Å². The topological polar surface area (TPSA) is 134 Å². The number of carbonyl (C=O) groups excluding carboxylic acids is 1. The van der Waals surface area contributed by atoms with E-state index in [9.17, 15) is 9.18 Å². The molecule has 1 aliphatic heterocycles. The molecule has 1 atom stereocenters. The Morgan fingerprint density at radius 3 is 2.92 bits per heavy atom. The van der Waals surface area contributed by atoms with Gasteiger partial charge in [-0.2, -0.15) is 5.10 Å². The molecule has 0 aliphatic carbocycles. The largest absolute Gasteiger partial charge is 0.382 e. The molecule has 2 aromatic carbocycles. The van der Waals surface area contributed by atoms with Gasteiger partial charge in [-0.25, -0.2) is 19.3 Å². The van der Waals surface area contributed by atoms with Crippen LogP contribution in [0, 0.1) is 5.82 Å². The normalized spacial score (nSPS) is 15.6. The van der Waals surface area contributed by atoms with Crippen LogP contribution in [-0.4, -0.2) is 44.1 Å². The van der Waals surface area contributed by atoms with Crippen LogP contribution < -0.4 is 16.4 Å². The predicted octanol–water partition coefficient (Wildman–Crippen LogP) is 3.70. The Kier molecular flexibility index (Phi) is 6.88. The number of H-pyrrole nitrogens is 1. The first kappa shape index (κ1) is 23.8. The molecule has 36 heavy (non-hydrogen) atoms. The molecule has 1 fully saturated rings. The highest BCUT2D eigenvalue weighted by atomic mass is 35.5. The number of rotatable bonds is 6. The van der Waals surface area contributed by atoms with Gasteiger partial charge in [0.2, 0.25) is 0 Å². The van der Waals surface area contributed by atoms with E-state index in [0.29, 0.717) is 38.9 Å². The molecule has 9 nitrogen and oxygen atoms in total. The second-order valence-corrected chi connectivity index (χ2v) is 9.01. The summed E-state index contributed by atoms with van der Waals surface area (Å²) in [7, 11) is 0. The van der Waals surface area contributed by atoms with Crippen molar-refractivity contribution >= 4 is 23.3 Å². The molecule has 0 unspecified atom stereocenters. The van der Waals surface area contributed by atoms with E-state index < -0.39 is 5.82 Å². The summed E-state index contributed by atoms with van der Waals surface area (Å²) in [5, 5.41) is 13.7. The Labute approximate surface area is 211 Å². The van der Waals surface area contributed by atoms with Crippen LogP contribution in [-0.2, 0) is 6.54 Å². The minimum Gasteiger partial charge on any atom is -0.382 e. The minimum absolute atomic E-state index is 0.0300. The molecule has 0 radical (unpaired) electrons. The van der Waals surface area contributed by atoms with E-state index >= 15 is 0 Å². The third-order valence-electron chi connectivity index (χ3n) is 6.06. The number of carbonyl (C=O) groups is 1. The standard InChI is InChI=1S/C25H24ClFN8O/c26-18-7-6-16(19(27)10-18)12-31-25(36)15-4-1-3-14(9-15)20-13-30-22(28)21(32-20)24-33-23(34-35-24)17-5-2-8-29-11-17/h1,3-4,6-7,9-10,13,17,29H,2,5,8,11-12H2,(H2,28,30)(H,31,36)(H,33,34,35)/t17-/m0/s1. The van der Waals surface area contributed by atoms with E-state index in [1.807, 2.05) is 6.07 Å². The molecule has 0 saturated carbocycles. The first-order valence-electron chi connectivity index (χ1n) is 11.6. The molecular formula is C25H24ClFN8O. The average Bonchev–Trinajstić information content (AvgIpc) is 3.39. The summed E-state index contributed by atoms with van der Waals surface area (Å²) < 4.78 is 14.0. The summed E-state index contributed by atoms with van der Waals surface area (Å²) in [5.41, 5.74) is 8.43. The van der Waals surface area contributed by atoms with E-state index in [0.717, 1.165) is 31.8 Å². The maximum Gasteiger partial charge on any atom is 0.251 e. The summed E-state index contributed by atoms with van der Waals surface area (Å²) in [5.74, 6) is 0.799. The molecular weight excluding hydrogens is 483 g/mol. The lowest BCUT2D eigenvalue weighted by molar-refractivity contribution is 0.0950. The van der Waals surface area contributed by atoms with Crippen molar-refractivity contribution in [1.82, 2.24) is 35.8 Å². The quantitative estimate of drug-likeness (QED) is 0.313. The number of nitrogens with zero attached hydrogens (tertiary/aromatic N) is 4. The number of amides is 1. The first-order valence-corrected chi connectivity index (χ1v) is 11.9. The zero-order chi connectivity index (χ0) is 25.1. The van der Waals surface area contributed by atoms with Gasteiger partial charge in [0, 0.05) is 40.7 Å². The molecule has 3 heterocycles. The molecule has 1 amide bonds. The van der Waals surface area contributed by atoms with Gasteiger partial charge < -0.3 is 16.4 Å². The Morgan fingerprint density at radius 1 is 1.22 bits per heavy atom. The van der Waals surface area contributed by atoms with Crippen LogP contribution in [0.25, 0.3) is 22.8 Å². The van der Waals surface area contributed by atoms with Gasteiger partial charge in [0.25, 0.3) is 5.91 Å². The maximum absolute atomic E-state index is 14.0. The highest BCUT2D eigenvalue weighted by Crippen LogP contribution is 2.27. The third-order valence-corrected chi connectivity index (χ3v) is 6.30. The number of aromatic nitrogens is 5. The van der Waals surface area contributed by atoms with Gasteiger partial charge in [0.05, 0.1) is 11.9 Å². The van der Waals surface area contributed by atoms with Gasteiger partial charge in [-0.05, 0) is 43.7 Å². The van der Waals surface area contributed by atoms with Crippen molar-refractivity contribution < 1.29 is 9.18 Å². The second kappa shape index (κ2) is 10.4. The lowest BCUT2D eigenvalue weighted by Crippen LogP contribution is -2.28. The molecule has 1 aliphatic rings. The zero-order valence-electron chi connectivity index (χ0n) is 19.3. The van der Waals surface area contributed by atoms with Crippen LogP contribution in [0.5, 0.6) is 0 Å². The lowest BCUT2D eigenvalue weighted by atomic mass is 9.99. The van der Waals surface area contributed by atoms with Crippen molar-refractivity contribution in [3.05, 3.63) is 76.5 Å². The van der Waals surface area contributed by atoms with Gasteiger partial charge in [0.15, 0.2) is 17.5 Å². The fraction of sp³-hybridized carbons (Fsp3) is 0.240. The van der Waals surface area contributed by atoms with Crippen molar-refractivity contribution in [1.29, 1.82) is 0 Å². The summed E-state index contributed by atoms with van der Waals surface area (Å²) in [6, 6.07) is 11.3. The van der Waals surface area contributed by atoms with E-state index in [2.05, 4.69) is 35.8 Å². The van der Waals surface area contributed by atoms with Crippen LogP contribution in [0.3, 0.4) is 0 Å². The molecule has 2 aromatic heterocycles. The van der Waals surface area contributed by atoms with Crippen molar-refractivity contribution in [2.75, 3.05) is 18.8 Å². The highest BCUT2D eigenvalue weighted by molar-refractivity contribution is 6.30. The minimum atomic E-state index is -0.475. The van der Waals surface area contributed by atoms with E-state index in [1.54, 1.807) is 36.5 Å². The average molecular weight is 507 g/mol. The van der Waals surface area contributed by atoms with E-state index in [1.165, 1.54) is 6.07 Å². The third kappa shape index (κ3) is 5.19. The molecule has 4 aromatic rings. The number of hydrogen-bond acceptors (Lipinski definition) is 7. The number of nitrogens with two attached hydrogens (primary N) is 1. The molecule has 0 spiro atoms. The number of hydrogen-bond donors (Lipinski definition) is 4. The zero-order valence-corrected chi connectivity index (χ0v) is 20.0. The smallest absolute Gasteiger partial charge is 0.251 e. The lowest BCUT2D eigenvalue weighted by Gasteiger charge is -2.19. The SMILES string of the molecule is Nc1ncc(-c2cccc(C(=O)NCc3ccc(Cl)cc3F)c2)nc1-c1nc([C@H]2CCCNC2)n[nH]1. The van der Waals surface area contributed by atoms with Gasteiger partial charge >= 0.3 is 0 Å². The summed E-state index contributed by atoms with van der Waals surface area (Å²) in [6.45, 7) is 1.86. The molecule has 184 valence electrons. The summed E-state index contributed by atoms with van der Waals surface area (Å²) >= 11 is 5.79. The van der Waals surface area contributed by atoms with Crippen LogP contribution in [0.15, 0.2) is 48.7 Å². The Hall–Kier alpha value is -3.89. The number of nitrogen functional groups attached to an aromatic ring is 1. The van der Waals surface area contributed by atoms with Crippen LogP contribution in [0.2, 0.25) is 5.02 Å². The van der Waals surface area contributed by atoms with Gasteiger partial charge in [-0.3, -0.25) is 9.89 Å². The fourth-order valence-corrected chi connectivity index (χ4v) is 4.27. The molecule has 5 rings (SSSR count). The number of halogens is 2. The number of piperidine rings is 1. The number of aromatic amines is 1. The molecule has 1 saturated heterocycles. The van der Waals surface area contributed by atoms with Crippen molar-refractivity contribution in [2.24, 2.45) is 0 Å². The summed E-state index contributed by atoms with van der Waals surface area (Å²) in [4.78, 5) is 26.3. The summed E-state index contributed by atoms with van der Waals surface area (Å²) in [6.07, 6.45) is 3.64. The predicted molar refractivity (Wildman–Crippen MR) is 135 cm³/mol. The number of anilines is 1. The number of benzene rings is 2. The fourth-order valence-electron chi connectivity index (χ4n) is 4.11. The van der Waals surface area contributed by atoms with Crippen LogP contribution >= 0.6 is 11.6 Å². The van der Waals surface area contributed by atoms with Gasteiger partial charge in [-0.1, -0.05) is 29.8 Å². The number of nitrogens with one attached hydrogen (secondary N) is 3. The highest BCUT2D eigenvalue weighted by Gasteiger charge is 2.21. The van der Waals surface area contributed by atoms with Crippen molar-refractivity contribution in [2.45, 2.75) is 25.3 Å². The first-order chi connectivity index (χ1) is 17.5. The molecule has 0 bridgehead atoms. The Bertz CT molecular complexity index is 1400. The Morgan fingerprint density at radius 2 is 2.11 bits per heavy atom. The molecule has 5 N–H and O–H groups in total. The van der Waals surface area contributed by atoms with E-state index in [4.69, 9.17) is 17.3 Å². The Balaban J connectivity index is 1.35. The second-order valence-electron chi connectivity index (χ2n) is 8.57. The van der Waals surface area contributed by atoms with Gasteiger partial charge in [0.1, 0.15) is 11.5 Å². The van der Waals surface area contributed by atoms with Crippen molar-refractivity contribution in [3.63, 3.8) is 0 Å². The van der Waals surface area contributed by atoms with E-state index in [-0.39, 0.29) is 24.2 Å². The van der Waals surface area contributed by atoms with Gasteiger partial charge in [-0.15, -0.1) is 0 Å².